The number of benzene rings is 1. The van der Waals surface area contributed by atoms with Crippen molar-refractivity contribution in [3.05, 3.63) is 35.4 Å². The number of hydrogen-bond acceptors (Lipinski definition) is 10. The van der Waals surface area contributed by atoms with Gasteiger partial charge in [-0.1, -0.05) is 55.2 Å². The van der Waals surface area contributed by atoms with Crippen molar-refractivity contribution in [2.75, 3.05) is 11.5 Å². The lowest BCUT2D eigenvalue weighted by Gasteiger charge is -2.04. The smallest absolute Gasteiger partial charge is 0.267 e. The molecule has 1 aromatic carbocycles. The molecule has 162 valence electrons. The Bertz CT molecular complexity index is 997. The van der Waals surface area contributed by atoms with Gasteiger partial charge in [0, 0.05) is 11.1 Å². The Balaban J connectivity index is 3.12. The molecule has 0 unspecified atom stereocenters. The summed E-state index contributed by atoms with van der Waals surface area (Å²) in [7, 11) is -7.84. The molecule has 0 aliphatic heterocycles. The maximum absolute atomic E-state index is 11.7. The summed E-state index contributed by atoms with van der Waals surface area (Å²) in [6.45, 7) is 3.64. The summed E-state index contributed by atoms with van der Waals surface area (Å²) in [6, 6.07) is 9.11. The molecule has 0 aliphatic rings. The third kappa shape index (κ3) is 8.59. The SMILES string of the molecule is CCCCS(=O)(=O)ON=C(C#N)c1cccc(C(C#N)=NOS(=O)(=O)CCCC)c1. The van der Waals surface area contributed by atoms with Crippen molar-refractivity contribution in [2.24, 2.45) is 10.3 Å². The van der Waals surface area contributed by atoms with Gasteiger partial charge in [0.05, 0.1) is 11.5 Å². The first-order valence-electron chi connectivity index (χ1n) is 9.07. The zero-order chi connectivity index (χ0) is 22.6. The molecule has 1 aromatic rings. The molecule has 1 rings (SSSR count). The Kier molecular flexibility index (Phi) is 9.95. The summed E-state index contributed by atoms with van der Waals surface area (Å²) in [5.41, 5.74) is -0.383. The van der Waals surface area contributed by atoms with Crippen molar-refractivity contribution >= 4 is 31.7 Å². The predicted octanol–water partition coefficient (Wildman–Crippen LogP) is 2.43. The van der Waals surface area contributed by atoms with E-state index in [1.54, 1.807) is 12.1 Å². The van der Waals surface area contributed by atoms with Gasteiger partial charge < -0.3 is 0 Å². The van der Waals surface area contributed by atoms with Crippen molar-refractivity contribution < 1.29 is 25.4 Å². The van der Waals surface area contributed by atoms with Gasteiger partial charge in [0.1, 0.15) is 12.1 Å². The molecule has 0 aliphatic carbocycles. The number of nitrogens with zero attached hydrogens (tertiary/aromatic N) is 4. The Morgan fingerprint density at radius 3 is 1.60 bits per heavy atom. The van der Waals surface area contributed by atoms with Crippen LogP contribution < -0.4 is 0 Å². The molecule has 12 heteroatoms. The van der Waals surface area contributed by atoms with Gasteiger partial charge >= 0.3 is 20.2 Å². The van der Waals surface area contributed by atoms with E-state index < -0.39 is 20.2 Å². The van der Waals surface area contributed by atoms with Crippen LogP contribution in [-0.4, -0.2) is 39.8 Å². The molecule has 0 aromatic heterocycles. The highest BCUT2D eigenvalue weighted by Gasteiger charge is 2.15. The zero-order valence-corrected chi connectivity index (χ0v) is 18.2. The molecule has 0 amide bonds. The van der Waals surface area contributed by atoms with Crippen molar-refractivity contribution in [1.82, 2.24) is 0 Å². The third-order valence-electron chi connectivity index (χ3n) is 3.60. The third-order valence-corrected chi connectivity index (χ3v) is 5.78. The molecular formula is C18H22N4O6S2. The fourth-order valence-corrected chi connectivity index (χ4v) is 3.80. The summed E-state index contributed by atoms with van der Waals surface area (Å²) in [4.78, 5) is 0. The van der Waals surface area contributed by atoms with E-state index in [1.165, 1.54) is 24.3 Å². The van der Waals surface area contributed by atoms with Crippen LogP contribution >= 0.6 is 0 Å². The number of unbranched alkanes of at least 4 members (excludes halogenated alkanes) is 2. The summed E-state index contributed by atoms with van der Waals surface area (Å²) in [5.74, 6) is -0.471. The van der Waals surface area contributed by atoms with Crippen LogP contribution in [0.3, 0.4) is 0 Å². The fraction of sp³-hybridized carbons (Fsp3) is 0.444. The summed E-state index contributed by atoms with van der Waals surface area (Å²) < 4.78 is 56.0. The second kappa shape index (κ2) is 11.9. The molecule has 10 nitrogen and oxygen atoms in total. The van der Waals surface area contributed by atoms with Gasteiger partial charge in [-0.15, -0.1) is 0 Å². The van der Waals surface area contributed by atoms with Gasteiger partial charge in [-0.05, 0) is 18.9 Å². The molecule has 30 heavy (non-hydrogen) atoms. The second-order valence-corrected chi connectivity index (χ2v) is 9.41. The Labute approximate surface area is 176 Å². The Hall–Kier alpha value is -2.96. The lowest BCUT2D eigenvalue weighted by atomic mass is 10.0. The van der Waals surface area contributed by atoms with Crippen LogP contribution in [0.4, 0.5) is 0 Å². The van der Waals surface area contributed by atoms with E-state index in [-0.39, 0.29) is 34.1 Å². The predicted molar refractivity (Wildman–Crippen MR) is 110 cm³/mol. The molecule has 0 atom stereocenters. The highest BCUT2D eigenvalue weighted by molar-refractivity contribution is 7.86. The molecule has 0 heterocycles. The summed E-state index contributed by atoms with van der Waals surface area (Å²) in [6.07, 6.45) is 2.06. The summed E-state index contributed by atoms with van der Waals surface area (Å²) >= 11 is 0. The molecule has 0 saturated carbocycles. The summed E-state index contributed by atoms with van der Waals surface area (Å²) in [5, 5.41) is 25.4. The van der Waals surface area contributed by atoms with E-state index in [1.807, 2.05) is 13.8 Å². The normalized spacial score (nSPS) is 12.7. The van der Waals surface area contributed by atoms with Crippen LogP contribution in [-0.2, 0) is 28.8 Å². The molecule has 0 N–H and O–H groups in total. The Morgan fingerprint density at radius 1 is 0.867 bits per heavy atom. The van der Waals surface area contributed by atoms with Crippen LogP contribution in [0.5, 0.6) is 0 Å². The largest absolute Gasteiger partial charge is 0.328 e. The highest BCUT2D eigenvalue weighted by atomic mass is 32.2. The molecule has 0 bridgehead atoms. The lowest BCUT2D eigenvalue weighted by molar-refractivity contribution is 0.338. The number of nitriles is 2. The molecule has 0 radical (unpaired) electrons. The first-order chi connectivity index (χ1) is 14.2. The van der Waals surface area contributed by atoms with Crippen LogP contribution in [0.2, 0.25) is 0 Å². The van der Waals surface area contributed by atoms with E-state index in [0.717, 1.165) is 0 Å². The minimum absolute atomic E-state index is 0.150. The fourth-order valence-electron chi connectivity index (χ4n) is 1.99. The first-order valence-corrected chi connectivity index (χ1v) is 12.2. The lowest BCUT2D eigenvalue weighted by Crippen LogP contribution is -2.10. The minimum Gasteiger partial charge on any atom is -0.267 e. The monoisotopic (exact) mass is 454 g/mol. The van der Waals surface area contributed by atoms with Crippen LogP contribution in [0.25, 0.3) is 0 Å². The van der Waals surface area contributed by atoms with E-state index in [2.05, 4.69) is 18.9 Å². The molecule has 0 fully saturated rings. The maximum Gasteiger partial charge on any atom is 0.328 e. The first kappa shape index (κ1) is 25.1. The number of oxime groups is 2. The van der Waals surface area contributed by atoms with Crippen molar-refractivity contribution in [1.29, 1.82) is 10.5 Å². The van der Waals surface area contributed by atoms with Crippen molar-refractivity contribution in [3.8, 4) is 12.1 Å². The topological polar surface area (TPSA) is 159 Å². The zero-order valence-electron chi connectivity index (χ0n) is 16.6. The highest BCUT2D eigenvalue weighted by Crippen LogP contribution is 2.11. The average Bonchev–Trinajstić information content (AvgIpc) is 2.72. The number of hydrogen-bond donors (Lipinski definition) is 0. The van der Waals surface area contributed by atoms with Crippen molar-refractivity contribution in [3.63, 3.8) is 0 Å². The van der Waals surface area contributed by atoms with Gasteiger partial charge in [-0.3, -0.25) is 8.57 Å². The van der Waals surface area contributed by atoms with E-state index >= 15 is 0 Å². The quantitative estimate of drug-likeness (QED) is 0.344. The van der Waals surface area contributed by atoms with E-state index in [9.17, 15) is 27.4 Å². The average molecular weight is 455 g/mol. The molecule has 0 spiro atoms. The Morgan fingerprint density at radius 2 is 1.27 bits per heavy atom. The van der Waals surface area contributed by atoms with Gasteiger partial charge in [-0.2, -0.15) is 27.4 Å². The maximum atomic E-state index is 11.7. The van der Waals surface area contributed by atoms with E-state index in [4.69, 9.17) is 0 Å². The van der Waals surface area contributed by atoms with Gasteiger partial charge in [0.2, 0.25) is 0 Å². The number of rotatable bonds is 12. The second-order valence-electron chi connectivity index (χ2n) is 6.06. The minimum atomic E-state index is -3.92. The molecule has 0 saturated heterocycles. The van der Waals surface area contributed by atoms with Crippen LogP contribution in [0.1, 0.15) is 50.7 Å². The van der Waals surface area contributed by atoms with E-state index in [0.29, 0.717) is 25.7 Å². The van der Waals surface area contributed by atoms with Crippen LogP contribution in [0, 0.1) is 22.7 Å². The standard InChI is InChI=1S/C18H22N4O6S2/c1-3-5-10-29(23,24)27-21-17(13-19)15-8-7-9-16(12-15)18(14-20)22-28-30(25,26)11-6-4-2/h7-9,12H,3-6,10-11H2,1-2H3. The van der Waals surface area contributed by atoms with Gasteiger partial charge in [0.25, 0.3) is 0 Å². The molecular weight excluding hydrogens is 432 g/mol. The van der Waals surface area contributed by atoms with Gasteiger partial charge in [0.15, 0.2) is 11.4 Å². The van der Waals surface area contributed by atoms with Crippen LogP contribution in [0.15, 0.2) is 34.6 Å². The van der Waals surface area contributed by atoms with Crippen molar-refractivity contribution in [2.45, 2.75) is 39.5 Å². The van der Waals surface area contributed by atoms with Gasteiger partial charge in [-0.25, -0.2) is 0 Å².